The molecule has 0 aliphatic rings. The Labute approximate surface area is 152 Å². The molecule has 8 nitrogen and oxygen atoms in total. The molecule has 1 N–H and O–H groups in total. The van der Waals surface area contributed by atoms with Crippen LogP contribution >= 0.6 is 0 Å². The summed E-state index contributed by atoms with van der Waals surface area (Å²) in [5, 5.41) is 4.70. The van der Waals surface area contributed by atoms with E-state index in [1.54, 1.807) is 0 Å². The summed E-state index contributed by atoms with van der Waals surface area (Å²) in [5.74, 6) is 2.49. The van der Waals surface area contributed by atoms with Gasteiger partial charge in [0.15, 0.2) is 0 Å². The molecule has 1 aromatic heterocycles. The number of nitrogens with one attached hydrogen (secondary N) is 1. The SMILES string of the molecule is CCCCCc1n[n+](C)c(CCCCC)n1NCC.COS(=O)(=O)[O-]. The smallest absolute Gasteiger partial charge is 0.301 e. The van der Waals surface area contributed by atoms with Gasteiger partial charge in [0.25, 0.3) is 5.82 Å². The summed E-state index contributed by atoms with van der Waals surface area (Å²) in [6.07, 6.45) is 9.76. The molecule has 0 aliphatic carbocycles. The summed E-state index contributed by atoms with van der Waals surface area (Å²) in [4.78, 5) is 0. The quantitative estimate of drug-likeness (QED) is 0.273. The van der Waals surface area contributed by atoms with Crippen LogP contribution in [0.1, 0.15) is 70.9 Å². The molecular formula is C16H34N4O4S. The van der Waals surface area contributed by atoms with Gasteiger partial charge < -0.3 is 4.55 Å². The molecule has 0 saturated carbocycles. The first-order valence-corrected chi connectivity index (χ1v) is 10.4. The first-order valence-electron chi connectivity index (χ1n) is 9.02. The van der Waals surface area contributed by atoms with Gasteiger partial charge in [0.05, 0.1) is 13.5 Å². The molecule has 25 heavy (non-hydrogen) atoms. The van der Waals surface area contributed by atoms with E-state index in [4.69, 9.17) is 5.10 Å². The number of rotatable bonds is 11. The van der Waals surface area contributed by atoms with Crippen LogP contribution in [0.3, 0.4) is 0 Å². The molecular weight excluding hydrogens is 344 g/mol. The highest BCUT2D eigenvalue weighted by Crippen LogP contribution is 2.08. The lowest BCUT2D eigenvalue weighted by atomic mass is 10.2. The standard InChI is InChI=1S/C15H31N4.CH4O4S/c1-5-8-10-12-14-17-18(4)15(13-11-9-6-2)19(14)16-7-3;1-5-6(2,3)4/h16H,5-13H2,1-4H3;1H3,(H,2,3,4)/q+1;/p-1. The molecule has 0 spiro atoms. The summed E-state index contributed by atoms with van der Waals surface area (Å²) in [6, 6.07) is 0. The Balaban J connectivity index is 0.000000823. The van der Waals surface area contributed by atoms with Gasteiger partial charge in [0, 0.05) is 13.0 Å². The van der Waals surface area contributed by atoms with Crippen molar-refractivity contribution in [3.8, 4) is 0 Å². The number of aromatic nitrogens is 3. The number of hydrogen-bond acceptors (Lipinski definition) is 6. The highest BCUT2D eigenvalue weighted by atomic mass is 32.3. The van der Waals surface area contributed by atoms with Gasteiger partial charge in [-0.15, -0.1) is 9.36 Å². The monoisotopic (exact) mass is 378 g/mol. The number of unbranched alkanes of at least 4 members (excludes halogenated alkanes) is 4. The van der Waals surface area contributed by atoms with Crippen molar-refractivity contribution in [1.29, 1.82) is 0 Å². The second-order valence-electron chi connectivity index (χ2n) is 5.79. The summed E-state index contributed by atoms with van der Waals surface area (Å²) in [5.41, 5.74) is 3.45. The molecule has 0 amide bonds. The van der Waals surface area contributed by atoms with Gasteiger partial charge in [-0.25, -0.2) is 8.42 Å². The van der Waals surface area contributed by atoms with Crippen LogP contribution in [0, 0.1) is 0 Å². The maximum Gasteiger partial charge on any atom is 0.301 e. The molecule has 0 bridgehead atoms. The zero-order chi connectivity index (χ0) is 19.3. The predicted molar refractivity (Wildman–Crippen MR) is 96.5 cm³/mol. The van der Waals surface area contributed by atoms with Gasteiger partial charge in [0.1, 0.15) is 7.05 Å². The van der Waals surface area contributed by atoms with E-state index in [1.807, 2.05) is 0 Å². The van der Waals surface area contributed by atoms with Crippen LogP contribution in [-0.4, -0.2) is 36.4 Å². The first kappa shape index (κ1) is 23.8. The first-order chi connectivity index (χ1) is 11.8. The minimum absolute atomic E-state index is 0.808. The molecule has 0 aliphatic heterocycles. The lowest BCUT2D eigenvalue weighted by Crippen LogP contribution is -2.36. The Kier molecular flexibility index (Phi) is 12.5. The fraction of sp³-hybridized carbons (Fsp3) is 0.875. The Morgan fingerprint density at radius 1 is 1.12 bits per heavy atom. The second kappa shape index (κ2) is 13.1. The normalized spacial score (nSPS) is 11.1. The van der Waals surface area contributed by atoms with E-state index in [1.165, 1.54) is 50.2 Å². The molecule has 9 heteroatoms. The molecule has 0 fully saturated rings. The average molecular weight is 379 g/mol. The maximum absolute atomic E-state index is 9.22. The van der Waals surface area contributed by atoms with Crippen molar-refractivity contribution >= 4 is 10.4 Å². The molecule has 0 saturated heterocycles. The lowest BCUT2D eigenvalue weighted by molar-refractivity contribution is -0.736. The van der Waals surface area contributed by atoms with Crippen LogP contribution in [0.15, 0.2) is 0 Å². The largest absolute Gasteiger partial charge is 0.726 e. The van der Waals surface area contributed by atoms with Crippen molar-refractivity contribution in [3.05, 3.63) is 11.6 Å². The van der Waals surface area contributed by atoms with E-state index in [2.05, 4.69) is 46.8 Å². The summed E-state index contributed by atoms with van der Waals surface area (Å²) in [7, 11) is -1.54. The minimum atomic E-state index is -4.41. The van der Waals surface area contributed by atoms with Crippen molar-refractivity contribution in [2.45, 2.75) is 72.1 Å². The Hall–Kier alpha value is -1.19. The molecule has 0 radical (unpaired) electrons. The zero-order valence-corrected chi connectivity index (χ0v) is 17.1. The summed E-state index contributed by atoms with van der Waals surface area (Å²) in [6.45, 7) is 7.58. The topological polar surface area (TPSA) is 100 Å². The number of hydrogen-bond donors (Lipinski definition) is 1. The Bertz CT molecular complexity index is 573. The van der Waals surface area contributed by atoms with Crippen LogP contribution in [0.25, 0.3) is 0 Å². The van der Waals surface area contributed by atoms with E-state index in [0.29, 0.717) is 0 Å². The molecule has 0 aromatic carbocycles. The zero-order valence-electron chi connectivity index (χ0n) is 16.2. The second-order valence-corrected chi connectivity index (χ2v) is 6.94. The average Bonchev–Trinajstić information content (AvgIpc) is 2.84. The highest BCUT2D eigenvalue weighted by molar-refractivity contribution is 7.80. The van der Waals surface area contributed by atoms with Gasteiger partial charge in [-0.3, -0.25) is 9.61 Å². The molecule has 1 aromatic rings. The highest BCUT2D eigenvalue weighted by Gasteiger charge is 2.22. The minimum Gasteiger partial charge on any atom is -0.726 e. The fourth-order valence-electron chi connectivity index (χ4n) is 2.41. The fourth-order valence-corrected chi connectivity index (χ4v) is 2.41. The third-order valence-electron chi connectivity index (χ3n) is 3.68. The van der Waals surface area contributed by atoms with Crippen molar-refractivity contribution in [2.75, 3.05) is 19.1 Å². The molecule has 0 unspecified atom stereocenters. The van der Waals surface area contributed by atoms with Crippen LogP contribution < -0.4 is 10.1 Å². The Morgan fingerprint density at radius 2 is 1.64 bits per heavy atom. The van der Waals surface area contributed by atoms with Gasteiger partial charge >= 0.3 is 5.82 Å². The van der Waals surface area contributed by atoms with Crippen molar-refractivity contribution < 1.29 is 21.8 Å². The van der Waals surface area contributed by atoms with Crippen molar-refractivity contribution in [1.82, 2.24) is 9.77 Å². The molecule has 1 heterocycles. The Morgan fingerprint density at radius 3 is 2.08 bits per heavy atom. The van der Waals surface area contributed by atoms with Crippen LogP contribution in [0.2, 0.25) is 0 Å². The van der Waals surface area contributed by atoms with Crippen LogP contribution in [-0.2, 0) is 34.5 Å². The number of nitrogens with zero attached hydrogens (tertiary/aromatic N) is 3. The summed E-state index contributed by atoms with van der Waals surface area (Å²) < 4.78 is 35.3. The predicted octanol–water partition coefficient (Wildman–Crippen LogP) is 1.83. The molecule has 1 rings (SSSR count). The van der Waals surface area contributed by atoms with Gasteiger partial charge in [0.2, 0.25) is 10.4 Å². The van der Waals surface area contributed by atoms with Gasteiger partial charge in [-0.2, -0.15) is 0 Å². The van der Waals surface area contributed by atoms with Crippen molar-refractivity contribution in [2.24, 2.45) is 7.05 Å². The van der Waals surface area contributed by atoms with Gasteiger partial charge in [-0.05, 0) is 24.9 Å². The third-order valence-corrected chi connectivity index (χ3v) is 4.09. The van der Waals surface area contributed by atoms with E-state index in [9.17, 15) is 13.0 Å². The maximum atomic E-state index is 9.22. The molecule has 0 atom stereocenters. The van der Waals surface area contributed by atoms with Gasteiger partial charge in [-0.1, -0.05) is 39.5 Å². The third kappa shape index (κ3) is 10.4. The van der Waals surface area contributed by atoms with E-state index < -0.39 is 10.4 Å². The lowest BCUT2D eigenvalue weighted by Gasteiger charge is -2.04. The van der Waals surface area contributed by atoms with Crippen LogP contribution in [0.5, 0.6) is 0 Å². The number of aryl methyl sites for hydroxylation is 2. The molecule has 148 valence electrons. The van der Waals surface area contributed by atoms with E-state index in [-0.39, 0.29) is 0 Å². The van der Waals surface area contributed by atoms with Crippen molar-refractivity contribution in [3.63, 3.8) is 0 Å². The van der Waals surface area contributed by atoms with E-state index in [0.717, 1.165) is 26.5 Å². The van der Waals surface area contributed by atoms with Crippen LogP contribution in [0.4, 0.5) is 0 Å². The van der Waals surface area contributed by atoms with E-state index >= 15 is 0 Å². The summed E-state index contributed by atoms with van der Waals surface area (Å²) >= 11 is 0.